The molecule has 3 amide bonds. The van der Waals surface area contributed by atoms with Crippen molar-refractivity contribution in [2.45, 2.75) is 103 Å². The molecule has 0 spiro atoms. The molecule has 51 heavy (non-hydrogen) atoms. The Hall–Kier alpha value is -2.78. The van der Waals surface area contributed by atoms with Crippen molar-refractivity contribution in [3.8, 4) is 0 Å². The SMILES string of the molecule is CCC(C)C(C(CC(=O)N1CCCC1C(OC)C(C)C(=O)NC(Cc1ccccc1)C(=O)I)OC)N(C)C(=O)C(N=C(N(C)C)N(C)C)C(C)C. The van der Waals surface area contributed by atoms with E-state index in [4.69, 9.17) is 14.5 Å². The number of amides is 3. The Morgan fingerprint density at radius 3 is 2.08 bits per heavy atom. The van der Waals surface area contributed by atoms with E-state index in [0.29, 0.717) is 25.3 Å². The minimum atomic E-state index is -0.681. The van der Waals surface area contributed by atoms with E-state index in [-0.39, 0.29) is 51.9 Å². The molecular weight excluding hydrogens is 763 g/mol. The van der Waals surface area contributed by atoms with Gasteiger partial charge in [-0.3, -0.25) is 19.2 Å². The van der Waals surface area contributed by atoms with Crippen molar-refractivity contribution in [1.29, 1.82) is 0 Å². The number of rotatable bonds is 18. The van der Waals surface area contributed by atoms with Crippen molar-refractivity contribution in [3.63, 3.8) is 0 Å². The Morgan fingerprint density at radius 2 is 1.59 bits per heavy atom. The standard InChI is InChI=1S/C38H63IN6O6/c1-13-25(4)33(44(10)37(49)32(24(2)3)41-38(42(6)7)43(8)9)30(50-11)23-31(46)45-21-17-20-29(45)34(51-12)26(5)36(48)40-28(35(39)47)22-27-18-15-14-16-19-27/h14-16,18-19,24-26,28-30,32-34H,13,17,20-23H2,1-12H3,(H,40,48). The number of guanidine groups is 1. The minimum absolute atomic E-state index is 0.0323. The highest BCUT2D eigenvalue weighted by molar-refractivity contribution is 14.1. The van der Waals surface area contributed by atoms with Gasteiger partial charge in [-0.15, -0.1) is 0 Å². The van der Waals surface area contributed by atoms with Gasteiger partial charge in [-0.1, -0.05) is 71.4 Å². The molecule has 1 fully saturated rings. The zero-order chi connectivity index (χ0) is 38.6. The molecule has 1 saturated heterocycles. The molecule has 1 aromatic carbocycles. The number of hydrogen-bond acceptors (Lipinski definition) is 7. The summed E-state index contributed by atoms with van der Waals surface area (Å²) < 4.78 is 11.8. The molecule has 1 heterocycles. The number of likely N-dealkylation sites (tertiary alicyclic amines) is 1. The third kappa shape index (κ3) is 12.1. The average Bonchev–Trinajstić information content (AvgIpc) is 3.57. The maximum Gasteiger partial charge on any atom is 0.247 e. The molecule has 288 valence electrons. The van der Waals surface area contributed by atoms with E-state index in [1.165, 1.54) is 0 Å². The summed E-state index contributed by atoms with van der Waals surface area (Å²) in [5, 5.41) is 2.93. The van der Waals surface area contributed by atoms with Gasteiger partial charge in [0.05, 0.1) is 36.6 Å². The molecular formula is C38H63IN6O6. The van der Waals surface area contributed by atoms with Gasteiger partial charge in [-0.25, -0.2) is 4.99 Å². The van der Waals surface area contributed by atoms with Crippen LogP contribution >= 0.6 is 22.6 Å². The van der Waals surface area contributed by atoms with E-state index in [9.17, 15) is 19.2 Å². The van der Waals surface area contributed by atoms with Crippen LogP contribution in [0, 0.1) is 17.8 Å². The summed E-state index contributed by atoms with van der Waals surface area (Å²) in [7, 11) is 12.5. The van der Waals surface area contributed by atoms with Gasteiger partial charge in [-0.05, 0) is 30.2 Å². The number of halogens is 1. The highest BCUT2D eigenvalue weighted by atomic mass is 127. The Bertz CT molecular complexity index is 1300. The number of aliphatic imine (C=N–C) groups is 1. The monoisotopic (exact) mass is 826 g/mol. The zero-order valence-corrected chi connectivity index (χ0v) is 35.0. The van der Waals surface area contributed by atoms with Gasteiger partial charge in [0.2, 0.25) is 21.5 Å². The topological polar surface area (TPSA) is 124 Å². The number of ether oxygens (including phenoxy) is 2. The fourth-order valence-electron chi connectivity index (χ4n) is 7.10. The largest absolute Gasteiger partial charge is 0.379 e. The predicted molar refractivity (Wildman–Crippen MR) is 211 cm³/mol. The molecule has 0 bridgehead atoms. The van der Waals surface area contributed by atoms with E-state index in [2.05, 4.69) is 19.2 Å². The highest BCUT2D eigenvalue weighted by Crippen LogP contribution is 2.30. The predicted octanol–water partition coefficient (Wildman–Crippen LogP) is 4.10. The number of carbonyl (C=O) groups excluding carboxylic acids is 4. The third-order valence-electron chi connectivity index (χ3n) is 10.1. The molecule has 1 aliphatic rings. The molecule has 0 radical (unpaired) electrons. The summed E-state index contributed by atoms with van der Waals surface area (Å²) in [6.07, 6.45) is 1.53. The van der Waals surface area contributed by atoms with Crippen LogP contribution in [0.1, 0.15) is 65.9 Å². The second-order valence-electron chi connectivity index (χ2n) is 14.6. The molecule has 13 heteroatoms. The van der Waals surface area contributed by atoms with Crippen LogP contribution in [-0.2, 0) is 35.1 Å². The Labute approximate surface area is 320 Å². The summed E-state index contributed by atoms with van der Waals surface area (Å²) in [6, 6.07) is 7.55. The first kappa shape index (κ1) is 44.4. The van der Waals surface area contributed by atoms with Crippen LogP contribution in [0.15, 0.2) is 35.3 Å². The van der Waals surface area contributed by atoms with Crippen LogP contribution < -0.4 is 5.32 Å². The molecule has 0 aliphatic carbocycles. The molecule has 12 nitrogen and oxygen atoms in total. The van der Waals surface area contributed by atoms with Crippen LogP contribution in [0.25, 0.3) is 0 Å². The van der Waals surface area contributed by atoms with Crippen LogP contribution in [0.3, 0.4) is 0 Å². The maximum atomic E-state index is 14.2. The molecule has 2 rings (SSSR count). The number of nitrogens with zero attached hydrogens (tertiary/aromatic N) is 5. The summed E-state index contributed by atoms with van der Waals surface area (Å²) >= 11 is 1.73. The lowest BCUT2D eigenvalue weighted by molar-refractivity contribution is -0.146. The first-order chi connectivity index (χ1) is 24.0. The van der Waals surface area contributed by atoms with Gasteiger partial charge in [0.25, 0.3) is 0 Å². The summed E-state index contributed by atoms with van der Waals surface area (Å²) in [4.78, 5) is 66.6. The molecule has 1 N–H and O–H groups in total. The summed E-state index contributed by atoms with van der Waals surface area (Å²) in [5.74, 6) is -0.498. The van der Waals surface area contributed by atoms with Gasteiger partial charge in [-0.2, -0.15) is 0 Å². The molecule has 0 aromatic heterocycles. The minimum Gasteiger partial charge on any atom is -0.379 e. The Kier molecular flexibility index (Phi) is 18.3. The Morgan fingerprint density at radius 1 is 0.980 bits per heavy atom. The number of likely N-dealkylation sites (N-methyl/N-ethyl adjacent to an activating group) is 1. The quantitative estimate of drug-likeness (QED) is 0.102. The van der Waals surface area contributed by atoms with E-state index < -0.39 is 30.2 Å². The van der Waals surface area contributed by atoms with Crippen LogP contribution in [-0.4, -0.2) is 139 Å². The molecule has 1 aromatic rings. The molecule has 8 atom stereocenters. The summed E-state index contributed by atoms with van der Waals surface area (Å²) in [5.41, 5.74) is 0.950. The fourth-order valence-corrected chi connectivity index (χ4v) is 7.48. The Balaban J connectivity index is 2.29. The lowest BCUT2D eigenvalue weighted by Crippen LogP contribution is -2.55. The number of hydrogen-bond donors (Lipinski definition) is 1. The van der Waals surface area contributed by atoms with E-state index in [1.807, 2.05) is 87.1 Å². The maximum absolute atomic E-state index is 14.2. The zero-order valence-electron chi connectivity index (χ0n) is 32.9. The number of nitrogens with one attached hydrogen (secondary N) is 1. The lowest BCUT2D eigenvalue weighted by Gasteiger charge is -2.40. The second-order valence-corrected chi connectivity index (χ2v) is 15.6. The van der Waals surface area contributed by atoms with Crippen molar-refractivity contribution in [2.24, 2.45) is 22.7 Å². The number of benzene rings is 1. The molecule has 0 saturated carbocycles. The average molecular weight is 827 g/mol. The lowest BCUT2D eigenvalue weighted by atomic mass is 9.89. The first-order valence-electron chi connectivity index (χ1n) is 18.1. The van der Waals surface area contributed by atoms with Crippen LogP contribution in [0.4, 0.5) is 0 Å². The van der Waals surface area contributed by atoms with Gasteiger partial charge >= 0.3 is 0 Å². The van der Waals surface area contributed by atoms with Crippen LogP contribution in [0.2, 0.25) is 0 Å². The smallest absolute Gasteiger partial charge is 0.247 e. The van der Waals surface area contributed by atoms with Gasteiger partial charge in [0.15, 0.2) is 5.96 Å². The van der Waals surface area contributed by atoms with E-state index >= 15 is 0 Å². The molecule has 1 aliphatic heterocycles. The molecule has 8 unspecified atom stereocenters. The third-order valence-corrected chi connectivity index (χ3v) is 10.8. The number of methoxy groups -OCH3 is 2. The first-order valence-corrected chi connectivity index (χ1v) is 19.2. The van der Waals surface area contributed by atoms with Gasteiger partial charge in [0.1, 0.15) is 12.1 Å². The summed E-state index contributed by atoms with van der Waals surface area (Å²) in [6.45, 7) is 10.4. The van der Waals surface area contributed by atoms with Crippen molar-refractivity contribution in [2.75, 3.05) is 56.0 Å². The van der Waals surface area contributed by atoms with Crippen molar-refractivity contribution in [1.82, 2.24) is 24.9 Å². The number of carbonyl (C=O) groups is 4. The van der Waals surface area contributed by atoms with Crippen molar-refractivity contribution < 1.29 is 28.7 Å². The normalized spacial score (nSPS) is 18.5. The van der Waals surface area contributed by atoms with Crippen molar-refractivity contribution in [3.05, 3.63) is 35.9 Å². The van der Waals surface area contributed by atoms with Crippen molar-refractivity contribution >= 4 is 50.1 Å². The van der Waals surface area contributed by atoms with Crippen LogP contribution in [0.5, 0.6) is 0 Å². The highest BCUT2D eigenvalue weighted by Gasteiger charge is 2.43. The van der Waals surface area contributed by atoms with Gasteiger partial charge in [0, 0.05) is 85.0 Å². The van der Waals surface area contributed by atoms with E-state index in [0.717, 1.165) is 18.4 Å². The van der Waals surface area contributed by atoms with Gasteiger partial charge < -0.3 is 34.4 Å². The fraction of sp³-hybridized carbons (Fsp3) is 0.711. The van der Waals surface area contributed by atoms with E-state index in [1.54, 1.807) is 55.7 Å². The second kappa shape index (κ2) is 21.1.